The molecule has 0 spiro atoms. The fraction of sp³-hybridized carbons (Fsp3) is 0.333. The Kier molecular flexibility index (Phi) is 4.11. The maximum atomic E-state index is 5.65. The highest BCUT2D eigenvalue weighted by molar-refractivity contribution is 9.10. The lowest BCUT2D eigenvalue weighted by molar-refractivity contribution is 0.543. The van der Waals surface area contributed by atoms with E-state index in [1.807, 2.05) is 19.3 Å². The molecule has 5 nitrogen and oxygen atoms in total. The molecule has 0 radical (unpaired) electrons. The van der Waals surface area contributed by atoms with Gasteiger partial charge in [-0.25, -0.2) is 0 Å². The van der Waals surface area contributed by atoms with Gasteiger partial charge >= 0.3 is 0 Å². The van der Waals surface area contributed by atoms with E-state index in [0.29, 0.717) is 6.42 Å². The van der Waals surface area contributed by atoms with Crippen LogP contribution in [-0.4, -0.2) is 15.0 Å². The molecular weight excluding hydrogens is 294 g/mol. The van der Waals surface area contributed by atoms with Crippen LogP contribution >= 0.6 is 15.9 Å². The number of aryl methyl sites for hydroxylation is 2. The van der Waals surface area contributed by atoms with Crippen LogP contribution in [0.25, 0.3) is 0 Å². The fourth-order valence-electron chi connectivity index (χ4n) is 1.99. The molecule has 1 aromatic carbocycles. The SMILES string of the molecule is Cc1cc(Br)ccc1C(Cc1cn(C)nn1)NN. The Labute approximate surface area is 114 Å². The predicted octanol–water partition coefficient (Wildman–Crippen LogP) is 1.63. The minimum Gasteiger partial charge on any atom is -0.271 e. The molecule has 0 aliphatic rings. The summed E-state index contributed by atoms with van der Waals surface area (Å²) in [6, 6.07) is 6.20. The number of hydrazine groups is 1. The Hall–Kier alpha value is -1.24. The van der Waals surface area contributed by atoms with E-state index in [2.05, 4.69) is 50.7 Å². The molecule has 96 valence electrons. The van der Waals surface area contributed by atoms with Gasteiger partial charge in [0, 0.05) is 24.1 Å². The third kappa shape index (κ3) is 2.95. The molecule has 0 bridgehead atoms. The topological polar surface area (TPSA) is 68.8 Å². The lowest BCUT2D eigenvalue weighted by Gasteiger charge is -2.17. The van der Waals surface area contributed by atoms with E-state index in [1.165, 1.54) is 11.1 Å². The Bertz CT molecular complexity index is 537. The summed E-state index contributed by atoms with van der Waals surface area (Å²) in [7, 11) is 1.85. The number of benzene rings is 1. The molecule has 1 aromatic heterocycles. The highest BCUT2D eigenvalue weighted by Gasteiger charge is 2.14. The number of nitrogens with zero attached hydrogens (tertiary/aromatic N) is 3. The Balaban J connectivity index is 2.22. The molecule has 1 heterocycles. The second-order valence-corrected chi connectivity index (χ2v) is 5.22. The monoisotopic (exact) mass is 309 g/mol. The molecule has 3 N–H and O–H groups in total. The van der Waals surface area contributed by atoms with Gasteiger partial charge in [-0.1, -0.05) is 27.2 Å². The Morgan fingerprint density at radius 1 is 1.50 bits per heavy atom. The van der Waals surface area contributed by atoms with Crippen LogP contribution in [-0.2, 0) is 13.5 Å². The molecular formula is C12H16BrN5. The van der Waals surface area contributed by atoms with E-state index in [-0.39, 0.29) is 6.04 Å². The summed E-state index contributed by atoms with van der Waals surface area (Å²) in [6.45, 7) is 2.07. The van der Waals surface area contributed by atoms with Gasteiger partial charge in [0.1, 0.15) is 0 Å². The summed E-state index contributed by atoms with van der Waals surface area (Å²) in [4.78, 5) is 0. The van der Waals surface area contributed by atoms with Crippen molar-refractivity contribution in [2.45, 2.75) is 19.4 Å². The van der Waals surface area contributed by atoms with Crippen LogP contribution in [0.15, 0.2) is 28.9 Å². The number of nitrogens with one attached hydrogen (secondary N) is 1. The molecule has 0 saturated heterocycles. The minimum atomic E-state index is 0.0369. The van der Waals surface area contributed by atoms with E-state index in [4.69, 9.17) is 5.84 Å². The second-order valence-electron chi connectivity index (χ2n) is 4.31. The molecule has 0 fully saturated rings. The van der Waals surface area contributed by atoms with Crippen molar-refractivity contribution in [2.75, 3.05) is 0 Å². The summed E-state index contributed by atoms with van der Waals surface area (Å²) in [5, 5.41) is 8.01. The first-order valence-corrected chi connectivity index (χ1v) is 6.47. The number of halogens is 1. The summed E-state index contributed by atoms with van der Waals surface area (Å²) in [5.74, 6) is 5.65. The lowest BCUT2D eigenvalue weighted by Crippen LogP contribution is -2.30. The van der Waals surface area contributed by atoms with Crippen molar-refractivity contribution in [1.82, 2.24) is 20.4 Å². The number of hydrogen-bond acceptors (Lipinski definition) is 4. The van der Waals surface area contributed by atoms with E-state index < -0.39 is 0 Å². The minimum absolute atomic E-state index is 0.0369. The molecule has 6 heteroatoms. The molecule has 0 amide bonds. The quantitative estimate of drug-likeness (QED) is 0.665. The first-order chi connectivity index (χ1) is 8.60. The second kappa shape index (κ2) is 5.60. The number of aromatic nitrogens is 3. The zero-order valence-corrected chi connectivity index (χ0v) is 12.0. The van der Waals surface area contributed by atoms with Crippen LogP contribution in [0.3, 0.4) is 0 Å². The van der Waals surface area contributed by atoms with Gasteiger partial charge in [0.15, 0.2) is 0 Å². The van der Waals surface area contributed by atoms with E-state index in [1.54, 1.807) is 4.68 Å². The van der Waals surface area contributed by atoms with Gasteiger partial charge in [0.05, 0.1) is 11.7 Å². The van der Waals surface area contributed by atoms with Gasteiger partial charge in [0.25, 0.3) is 0 Å². The van der Waals surface area contributed by atoms with Crippen molar-refractivity contribution in [2.24, 2.45) is 12.9 Å². The molecule has 0 saturated carbocycles. The summed E-state index contributed by atoms with van der Waals surface area (Å²) in [5.41, 5.74) is 6.13. The van der Waals surface area contributed by atoms with Crippen molar-refractivity contribution in [1.29, 1.82) is 0 Å². The van der Waals surface area contributed by atoms with E-state index >= 15 is 0 Å². The van der Waals surface area contributed by atoms with Crippen LogP contribution in [0.2, 0.25) is 0 Å². The average molecular weight is 310 g/mol. The number of nitrogens with two attached hydrogens (primary N) is 1. The predicted molar refractivity (Wildman–Crippen MR) is 73.7 cm³/mol. The van der Waals surface area contributed by atoms with Crippen molar-refractivity contribution in [3.8, 4) is 0 Å². The van der Waals surface area contributed by atoms with Crippen molar-refractivity contribution >= 4 is 15.9 Å². The number of hydrogen-bond donors (Lipinski definition) is 2. The molecule has 18 heavy (non-hydrogen) atoms. The molecule has 1 atom stereocenters. The molecule has 2 rings (SSSR count). The molecule has 1 unspecified atom stereocenters. The van der Waals surface area contributed by atoms with Gasteiger partial charge in [-0.2, -0.15) is 0 Å². The zero-order chi connectivity index (χ0) is 13.1. The third-order valence-electron chi connectivity index (χ3n) is 2.87. The van der Waals surface area contributed by atoms with Gasteiger partial charge in [-0.15, -0.1) is 5.10 Å². The number of rotatable bonds is 4. The van der Waals surface area contributed by atoms with Crippen LogP contribution in [0.1, 0.15) is 22.9 Å². The Morgan fingerprint density at radius 3 is 2.83 bits per heavy atom. The highest BCUT2D eigenvalue weighted by atomic mass is 79.9. The highest BCUT2D eigenvalue weighted by Crippen LogP contribution is 2.23. The third-order valence-corrected chi connectivity index (χ3v) is 3.37. The van der Waals surface area contributed by atoms with Crippen LogP contribution < -0.4 is 11.3 Å². The fourth-order valence-corrected chi connectivity index (χ4v) is 2.46. The average Bonchev–Trinajstić information content (AvgIpc) is 2.72. The molecule has 0 aliphatic heterocycles. The lowest BCUT2D eigenvalue weighted by atomic mass is 9.98. The standard InChI is InChI=1S/C12H16BrN5/c1-8-5-9(13)3-4-11(8)12(15-14)6-10-7-18(2)17-16-10/h3-5,7,12,15H,6,14H2,1-2H3. The Morgan fingerprint density at radius 2 is 2.28 bits per heavy atom. The summed E-state index contributed by atoms with van der Waals surface area (Å²) in [6.07, 6.45) is 2.62. The van der Waals surface area contributed by atoms with Crippen LogP contribution in [0, 0.1) is 6.92 Å². The maximum Gasteiger partial charge on any atom is 0.0846 e. The van der Waals surface area contributed by atoms with Crippen molar-refractivity contribution in [3.05, 3.63) is 45.7 Å². The van der Waals surface area contributed by atoms with Gasteiger partial charge in [-0.05, 0) is 30.2 Å². The van der Waals surface area contributed by atoms with Gasteiger partial charge in [0.2, 0.25) is 0 Å². The molecule has 2 aromatic rings. The van der Waals surface area contributed by atoms with E-state index in [9.17, 15) is 0 Å². The van der Waals surface area contributed by atoms with Crippen molar-refractivity contribution < 1.29 is 0 Å². The largest absolute Gasteiger partial charge is 0.271 e. The van der Waals surface area contributed by atoms with Crippen LogP contribution in [0.4, 0.5) is 0 Å². The van der Waals surface area contributed by atoms with Crippen LogP contribution in [0.5, 0.6) is 0 Å². The smallest absolute Gasteiger partial charge is 0.0846 e. The molecule has 0 aliphatic carbocycles. The van der Waals surface area contributed by atoms with E-state index in [0.717, 1.165) is 10.2 Å². The first-order valence-electron chi connectivity index (χ1n) is 5.67. The van der Waals surface area contributed by atoms with Gasteiger partial charge < -0.3 is 0 Å². The zero-order valence-electron chi connectivity index (χ0n) is 10.4. The first kappa shape index (κ1) is 13.2. The summed E-state index contributed by atoms with van der Waals surface area (Å²) < 4.78 is 2.76. The summed E-state index contributed by atoms with van der Waals surface area (Å²) >= 11 is 3.46. The van der Waals surface area contributed by atoms with Gasteiger partial charge in [-0.3, -0.25) is 16.0 Å². The van der Waals surface area contributed by atoms with Crippen molar-refractivity contribution in [3.63, 3.8) is 0 Å². The normalized spacial score (nSPS) is 12.7. The maximum absolute atomic E-state index is 5.65.